The Morgan fingerprint density at radius 3 is 2.77 bits per heavy atom. The van der Waals surface area contributed by atoms with Crippen molar-refractivity contribution in [1.82, 2.24) is 20.0 Å². The lowest BCUT2D eigenvalue weighted by molar-refractivity contribution is -0.146. The molecule has 2 aromatic carbocycles. The minimum Gasteiger partial charge on any atom is -0.385 e. The number of hydrogen-bond acceptors (Lipinski definition) is 6. The summed E-state index contributed by atoms with van der Waals surface area (Å²) in [5.41, 5.74) is 3.28. The van der Waals surface area contributed by atoms with Gasteiger partial charge in [-0.3, -0.25) is 9.48 Å². The lowest BCUT2D eigenvalue weighted by Gasteiger charge is -2.30. The van der Waals surface area contributed by atoms with Crippen LogP contribution in [0.1, 0.15) is 24.8 Å². The van der Waals surface area contributed by atoms with E-state index < -0.39 is 6.10 Å². The Bertz CT molecular complexity index is 1140. The normalized spacial score (nSPS) is 18.1. The third-order valence-electron chi connectivity index (χ3n) is 6.80. The van der Waals surface area contributed by atoms with Crippen LogP contribution in [-0.4, -0.2) is 73.2 Å². The average molecular weight is 478 g/mol. The van der Waals surface area contributed by atoms with Crippen LogP contribution in [0.5, 0.6) is 0 Å². The predicted molar refractivity (Wildman–Crippen MR) is 137 cm³/mol. The largest absolute Gasteiger partial charge is 0.385 e. The summed E-state index contributed by atoms with van der Waals surface area (Å²) in [5.74, 6) is 1.02. The second-order valence-electron chi connectivity index (χ2n) is 9.40. The number of nitrogens with zero attached hydrogens (tertiary/aromatic N) is 4. The first-order valence-electron chi connectivity index (χ1n) is 12.6. The Morgan fingerprint density at radius 2 is 2.06 bits per heavy atom. The van der Waals surface area contributed by atoms with Gasteiger partial charge in [0.05, 0.1) is 12.1 Å². The van der Waals surface area contributed by atoms with Crippen LogP contribution < -0.4 is 10.2 Å². The molecule has 0 spiro atoms. The van der Waals surface area contributed by atoms with E-state index in [1.165, 1.54) is 0 Å². The number of anilines is 2. The number of para-hydroxylation sites is 1. The third kappa shape index (κ3) is 5.34. The molecule has 1 N–H and O–H groups in total. The van der Waals surface area contributed by atoms with Gasteiger partial charge in [0.25, 0.3) is 5.91 Å². The zero-order valence-electron chi connectivity index (χ0n) is 20.7. The van der Waals surface area contributed by atoms with Crippen molar-refractivity contribution < 1.29 is 14.3 Å². The van der Waals surface area contributed by atoms with Crippen LogP contribution in [0.4, 0.5) is 11.5 Å². The molecule has 0 bridgehead atoms. The Morgan fingerprint density at radius 1 is 1.23 bits per heavy atom. The second-order valence-corrected chi connectivity index (χ2v) is 9.40. The van der Waals surface area contributed by atoms with E-state index in [4.69, 9.17) is 14.6 Å². The van der Waals surface area contributed by atoms with E-state index in [1.807, 2.05) is 23.1 Å². The fourth-order valence-corrected chi connectivity index (χ4v) is 4.73. The van der Waals surface area contributed by atoms with Gasteiger partial charge in [-0.25, -0.2) is 0 Å². The van der Waals surface area contributed by atoms with Gasteiger partial charge in [-0.1, -0.05) is 24.3 Å². The number of nitrogens with one attached hydrogen (secondary N) is 1. The zero-order chi connectivity index (χ0) is 24.2. The monoisotopic (exact) mass is 477 g/mol. The number of rotatable bonds is 10. The van der Waals surface area contributed by atoms with E-state index in [0.29, 0.717) is 32.3 Å². The molecule has 0 unspecified atom stereocenters. The number of methoxy groups -OCH3 is 1. The van der Waals surface area contributed by atoms with Crippen LogP contribution in [0.2, 0.25) is 0 Å². The van der Waals surface area contributed by atoms with Crippen LogP contribution in [0.15, 0.2) is 48.5 Å². The van der Waals surface area contributed by atoms with Gasteiger partial charge in [0, 0.05) is 64.1 Å². The van der Waals surface area contributed by atoms with Crippen molar-refractivity contribution in [2.24, 2.45) is 0 Å². The molecule has 1 aliphatic heterocycles. The van der Waals surface area contributed by atoms with Crippen LogP contribution in [0, 0.1) is 0 Å². The van der Waals surface area contributed by atoms with Gasteiger partial charge >= 0.3 is 0 Å². The molecule has 1 atom stereocenters. The summed E-state index contributed by atoms with van der Waals surface area (Å²) in [6.07, 6.45) is 2.62. The van der Waals surface area contributed by atoms with Crippen molar-refractivity contribution in [3.8, 4) is 0 Å². The highest BCUT2D eigenvalue weighted by atomic mass is 16.5. The van der Waals surface area contributed by atoms with Crippen molar-refractivity contribution in [3.63, 3.8) is 0 Å². The zero-order valence-corrected chi connectivity index (χ0v) is 20.7. The molecule has 1 aromatic heterocycles. The number of carbonyl (C=O) groups is 1. The average Bonchev–Trinajstić information content (AvgIpc) is 3.69. The van der Waals surface area contributed by atoms with Crippen molar-refractivity contribution in [3.05, 3.63) is 54.1 Å². The Labute approximate surface area is 206 Å². The van der Waals surface area contributed by atoms with Crippen LogP contribution in [0.25, 0.3) is 10.9 Å². The van der Waals surface area contributed by atoms with E-state index in [0.717, 1.165) is 60.3 Å². The summed E-state index contributed by atoms with van der Waals surface area (Å²) in [6, 6.07) is 17.1. The molecule has 1 saturated carbocycles. The number of fused-ring (bicyclic) bond motifs is 1. The summed E-state index contributed by atoms with van der Waals surface area (Å²) in [7, 11) is 3.78. The summed E-state index contributed by atoms with van der Waals surface area (Å²) >= 11 is 0. The number of amides is 1. The number of morpholine rings is 1. The van der Waals surface area contributed by atoms with Gasteiger partial charge in [0.15, 0.2) is 5.82 Å². The number of aromatic nitrogens is 2. The first kappa shape index (κ1) is 23.8. The van der Waals surface area contributed by atoms with E-state index >= 15 is 0 Å². The standard InChI is InChI=1S/C27H35N5O3/c1-30(21-7-4-3-5-8-21)26-23-12-9-20(17-24(23)32(29-26)14-6-15-34-2)19-31(22-10-11-22)27(33)25-18-28-13-16-35-25/h3-5,7-9,12,17,22,25,28H,6,10-11,13-16,18-19H2,1-2H3/t25-/m1/s1. The topological polar surface area (TPSA) is 71.9 Å². The van der Waals surface area contributed by atoms with E-state index in [2.05, 4.69) is 52.3 Å². The van der Waals surface area contributed by atoms with E-state index in [-0.39, 0.29) is 5.91 Å². The molecular weight excluding hydrogens is 442 g/mol. The molecule has 8 heteroatoms. The highest BCUT2D eigenvalue weighted by molar-refractivity contribution is 5.93. The van der Waals surface area contributed by atoms with Gasteiger partial charge in [-0.15, -0.1) is 0 Å². The lowest BCUT2D eigenvalue weighted by atomic mass is 10.1. The molecule has 1 amide bonds. The SMILES string of the molecule is COCCCn1nc(N(C)c2ccccc2)c2ccc(CN(C(=O)[C@H]3CNCCO3)C3CC3)cc21. The highest BCUT2D eigenvalue weighted by Gasteiger charge is 2.37. The van der Waals surface area contributed by atoms with Crippen molar-refractivity contribution in [1.29, 1.82) is 0 Å². The maximum absolute atomic E-state index is 13.3. The van der Waals surface area contributed by atoms with Gasteiger partial charge in [-0.05, 0) is 49.1 Å². The minimum atomic E-state index is -0.390. The molecule has 5 rings (SSSR count). The van der Waals surface area contributed by atoms with Crippen LogP contribution in [-0.2, 0) is 27.4 Å². The minimum absolute atomic E-state index is 0.0953. The van der Waals surface area contributed by atoms with Gasteiger partial charge in [0.2, 0.25) is 0 Å². The highest BCUT2D eigenvalue weighted by Crippen LogP contribution is 2.33. The third-order valence-corrected chi connectivity index (χ3v) is 6.80. The molecule has 186 valence electrons. The number of ether oxygens (including phenoxy) is 2. The van der Waals surface area contributed by atoms with Crippen LogP contribution >= 0.6 is 0 Å². The quantitative estimate of drug-likeness (QED) is 0.452. The Kier molecular flexibility index (Phi) is 7.32. The molecule has 2 fully saturated rings. The maximum atomic E-state index is 13.3. The first-order valence-corrected chi connectivity index (χ1v) is 12.6. The van der Waals surface area contributed by atoms with Gasteiger partial charge < -0.3 is 24.6 Å². The molecule has 2 heterocycles. The smallest absolute Gasteiger partial charge is 0.253 e. The van der Waals surface area contributed by atoms with E-state index in [9.17, 15) is 4.79 Å². The molecule has 8 nitrogen and oxygen atoms in total. The van der Waals surface area contributed by atoms with Gasteiger partial charge in [0.1, 0.15) is 6.10 Å². The Hall–Kier alpha value is -2.94. The second kappa shape index (κ2) is 10.8. The molecular formula is C27H35N5O3. The summed E-state index contributed by atoms with van der Waals surface area (Å²) < 4.78 is 13.1. The molecule has 2 aliphatic rings. The number of benzene rings is 2. The van der Waals surface area contributed by atoms with E-state index in [1.54, 1.807) is 7.11 Å². The lowest BCUT2D eigenvalue weighted by Crippen LogP contribution is -2.49. The van der Waals surface area contributed by atoms with Crippen molar-refractivity contribution in [2.75, 3.05) is 45.4 Å². The summed E-state index contributed by atoms with van der Waals surface area (Å²) in [5, 5.41) is 9.37. The molecule has 1 saturated heterocycles. The predicted octanol–water partition coefficient (Wildman–Crippen LogP) is 3.32. The van der Waals surface area contributed by atoms with Crippen molar-refractivity contribution in [2.45, 2.75) is 44.5 Å². The molecule has 3 aromatic rings. The number of carbonyl (C=O) groups excluding carboxylic acids is 1. The summed E-state index contributed by atoms with van der Waals surface area (Å²) in [6.45, 7) is 4.01. The molecule has 35 heavy (non-hydrogen) atoms. The molecule has 0 radical (unpaired) electrons. The summed E-state index contributed by atoms with van der Waals surface area (Å²) in [4.78, 5) is 17.4. The maximum Gasteiger partial charge on any atom is 0.253 e. The fourth-order valence-electron chi connectivity index (χ4n) is 4.73. The van der Waals surface area contributed by atoms with Crippen LogP contribution in [0.3, 0.4) is 0 Å². The number of hydrogen-bond donors (Lipinski definition) is 1. The molecule has 1 aliphatic carbocycles. The number of aryl methyl sites for hydroxylation is 1. The fraction of sp³-hybridized carbons (Fsp3) is 0.481. The van der Waals surface area contributed by atoms with Crippen molar-refractivity contribution >= 4 is 28.3 Å². The van der Waals surface area contributed by atoms with Gasteiger partial charge in [-0.2, -0.15) is 5.10 Å². The Balaban J connectivity index is 1.44. The first-order chi connectivity index (χ1) is 17.2.